The number of hydrogen-bond acceptors (Lipinski definition) is 6. The lowest BCUT2D eigenvalue weighted by Gasteiger charge is -2.36. The quantitative estimate of drug-likeness (QED) is 0.748. The number of benzene rings is 1. The second-order valence-electron chi connectivity index (χ2n) is 6.61. The number of aromatic nitrogens is 2. The van der Waals surface area contributed by atoms with E-state index in [0.29, 0.717) is 54.8 Å². The normalized spacial score (nSPS) is 14.2. The predicted octanol–water partition coefficient (Wildman–Crippen LogP) is 3.22. The fourth-order valence-electron chi connectivity index (χ4n) is 3.19. The molecule has 1 aromatic carbocycles. The van der Waals surface area contributed by atoms with Crippen LogP contribution in [0, 0.1) is 12.7 Å². The standard InChI is InChI=1S/C20H20FN5O2/c1-14-12-19(24-28-14)23-15-6-7-17(22-13-15)20(27)26-10-8-25(9-11-26)18-5-3-2-4-16(18)21/h2-7,12-13H,8-11H2,1H3,(H,23,24). The number of nitrogens with one attached hydrogen (secondary N) is 1. The summed E-state index contributed by atoms with van der Waals surface area (Å²) in [5.74, 6) is 0.922. The highest BCUT2D eigenvalue weighted by Crippen LogP contribution is 2.21. The third kappa shape index (κ3) is 3.80. The summed E-state index contributed by atoms with van der Waals surface area (Å²) in [6, 6.07) is 11.9. The van der Waals surface area contributed by atoms with Crippen LogP contribution >= 0.6 is 0 Å². The van der Waals surface area contributed by atoms with Gasteiger partial charge in [-0.3, -0.25) is 4.79 Å². The molecule has 2 aromatic heterocycles. The fraction of sp³-hybridized carbons (Fsp3) is 0.250. The number of halogens is 1. The number of carbonyl (C=O) groups excluding carboxylic acids is 1. The van der Waals surface area contributed by atoms with E-state index in [9.17, 15) is 9.18 Å². The molecule has 0 saturated carbocycles. The molecule has 7 nitrogen and oxygen atoms in total. The van der Waals surface area contributed by atoms with Gasteiger partial charge in [0.2, 0.25) is 0 Å². The van der Waals surface area contributed by atoms with Gasteiger partial charge < -0.3 is 19.6 Å². The van der Waals surface area contributed by atoms with E-state index in [1.807, 2.05) is 17.9 Å². The predicted molar refractivity (Wildman–Crippen MR) is 103 cm³/mol. The first-order valence-corrected chi connectivity index (χ1v) is 9.05. The summed E-state index contributed by atoms with van der Waals surface area (Å²) in [7, 11) is 0. The Labute approximate surface area is 161 Å². The summed E-state index contributed by atoms with van der Waals surface area (Å²) in [6.07, 6.45) is 1.59. The van der Waals surface area contributed by atoms with Crippen molar-refractivity contribution in [3.05, 3.63) is 65.9 Å². The smallest absolute Gasteiger partial charge is 0.272 e. The van der Waals surface area contributed by atoms with Crippen LogP contribution in [0.25, 0.3) is 0 Å². The Morgan fingerprint density at radius 1 is 1.14 bits per heavy atom. The molecule has 8 heteroatoms. The van der Waals surface area contributed by atoms with Crippen molar-refractivity contribution in [2.75, 3.05) is 36.4 Å². The Morgan fingerprint density at radius 3 is 2.57 bits per heavy atom. The molecule has 1 saturated heterocycles. The van der Waals surface area contributed by atoms with Crippen molar-refractivity contribution in [3.63, 3.8) is 0 Å². The first-order chi connectivity index (χ1) is 13.6. The maximum absolute atomic E-state index is 13.9. The Kier molecular flexibility index (Phi) is 4.92. The van der Waals surface area contributed by atoms with Crippen molar-refractivity contribution >= 4 is 23.1 Å². The van der Waals surface area contributed by atoms with Crippen molar-refractivity contribution in [1.82, 2.24) is 15.0 Å². The van der Waals surface area contributed by atoms with E-state index in [4.69, 9.17) is 4.52 Å². The van der Waals surface area contributed by atoms with Crippen LogP contribution in [0.4, 0.5) is 21.6 Å². The molecular formula is C20H20FN5O2. The highest BCUT2D eigenvalue weighted by Gasteiger charge is 2.24. The topological polar surface area (TPSA) is 74.5 Å². The molecule has 4 rings (SSSR count). The van der Waals surface area contributed by atoms with Crippen molar-refractivity contribution in [2.24, 2.45) is 0 Å². The monoisotopic (exact) mass is 381 g/mol. The lowest BCUT2D eigenvalue weighted by Crippen LogP contribution is -2.49. The Balaban J connectivity index is 1.36. The molecule has 0 unspecified atom stereocenters. The van der Waals surface area contributed by atoms with E-state index in [0.717, 1.165) is 0 Å². The number of aryl methyl sites for hydroxylation is 1. The molecule has 0 spiro atoms. The molecule has 3 aromatic rings. The molecular weight excluding hydrogens is 361 g/mol. The van der Waals surface area contributed by atoms with E-state index >= 15 is 0 Å². The van der Waals surface area contributed by atoms with Gasteiger partial charge in [0.15, 0.2) is 5.82 Å². The average Bonchev–Trinajstić information content (AvgIpc) is 3.13. The van der Waals surface area contributed by atoms with Gasteiger partial charge in [0.1, 0.15) is 17.3 Å². The zero-order valence-electron chi connectivity index (χ0n) is 15.4. The average molecular weight is 381 g/mol. The van der Waals surface area contributed by atoms with E-state index in [-0.39, 0.29) is 11.7 Å². The lowest BCUT2D eigenvalue weighted by atomic mass is 10.2. The minimum Gasteiger partial charge on any atom is -0.366 e. The SMILES string of the molecule is Cc1cc(Nc2ccc(C(=O)N3CCN(c4ccccc4F)CC3)nc2)no1. The van der Waals surface area contributed by atoms with Crippen molar-refractivity contribution in [2.45, 2.75) is 6.92 Å². The summed E-state index contributed by atoms with van der Waals surface area (Å²) >= 11 is 0. The summed E-state index contributed by atoms with van der Waals surface area (Å²) in [6.45, 7) is 4.01. The maximum Gasteiger partial charge on any atom is 0.272 e. The van der Waals surface area contributed by atoms with Gasteiger partial charge in [-0.15, -0.1) is 0 Å². The Bertz CT molecular complexity index is 965. The third-order valence-electron chi connectivity index (χ3n) is 4.64. The van der Waals surface area contributed by atoms with Gasteiger partial charge in [-0.05, 0) is 31.2 Å². The number of rotatable bonds is 4. The molecule has 0 radical (unpaired) electrons. The molecule has 1 aliphatic rings. The van der Waals surface area contributed by atoms with Crippen LogP contribution in [0.3, 0.4) is 0 Å². The minimum absolute atomic E-state index is 0.128. The number of piperazine rings is 1. The van der Waals surface area contributed by atoms with Crippen LogP contribution in [0.2, 0.25) is 0 Å². The second-order valence-corrected chi connectivity index (χ2v) is 6.61. The Hall–Kier alpha value is -3.42. The molecule has 1 amide bonds. The highest BCUT2D eigenvalue weighted by atomic mass is 19.1. The van der Waals surface area contributed by atoms with Crippen LogP contribution in [0.1, 0.15) is 16.2 Å². The lowest BCUT2D eigenvalue weighted by molar-refractivity contribution is 0.0741. The van der Waals surface area contributed by atoms with Gasteiger partial charge in [0, 0.05) is 32.2 Å². The first kappa shape index (κ1) is 18.0. The number of hydrogen-bond donors (Lipinski definition) is 1. The van der Waals surface area contributed by atoms with Crippen molar-refractivity contribution in [1.29, 1.82) is 0 Å². The Morgan fingerprint density at radius 2 is 1.93 bits per heavy atom. The maximum atomic E-state index is 13.9. The largest absolute Gasteiger partial charge is 0.366 e. The molecule has 0 atom stereocenters. The van der Waals surface area contributed by atoms with Crippen LogP contribution in [-0.2, 0) is 0 Å². The molecule has 3 heterocycles. The molecule has 0 bridgehead atoms. The van der Waals surface area contributed by atoms with Gasteiger partial charge >= 0.3 is 0 Å². The van der Waals surface area contributed by atoms with Gasteiger partial charge in [0.05, 0.1) is 17.6 Å². The number of pyridine rings is 1. The molecule has 144 valence electrons. The highest BCUT2D eigenvalue weighted by molar-refractivity contribution is 5.92. The van der Waals surface area contributed by atoms with Gasteiger partial charge in [-0.25, -0.2) is 9.37 Å². The number of carbonyl (C=O) groups is 1. The zero-order chi connectivity index (χ0) is 19.5. The summed E-state index contributed by atoms with van der Waals surface area (Å²) < 4.78 is 18.9. The van der Waals surface area contributed by atoms with Crippen LogP contribution in [0.15, 0.2) is 53.2 Å². The fourth-order valence-corrected chi connectivity index (χ4v) is 3.19. The molecule has 0 aliphatic carbocycles. The first-order valence-electron chi connectivity index (χ1n) is 9.05. The van der Waals surface area contributed by atoms with E-state index in [1.54, 1.807) is 41.4 Å². The van der Waals surface area contributed by atoms with E-state index < -0.39 is 0 Å². The molecule has 1 N–H and O–H groups in total. The molecule has 1 fully saturated rings. The van der Waals surface area contributed by atoms with Crippen LogP contribution in [0.5, 0.6) is 0 Å². The number of amides is 1. The minimum atomic E-state index is -0.241. The van der Waals surface area contributed by atoms with E-state index in [2.05, 4.69) is 15.5 Å². The van der Waals surface area contributed by atoms with Gasteiger partial charge in [-0.1, -0.05) is 17.3 Å². The number of para-hydroxylation sites is 1. The van der Waals surface area contributed by atoms with E-state index in [1.165, 1.54) is 6.07 Å². The molecule has 28 heavy (non-hydrogen) atoms. The third-order valence-corrected chi connectivity index (χ3v) is 4.64. The number of anilines is 3. The number of nitrogens with zero attached hydrogens (tertiary/aromatic N) is 4. The summed E-state index contributed by atoms with van der Waals surface area (Å²) in [4.78, 5) is 20.7. The molecule has 1 aliphatic heterocycles. The summed E-state index contributed by atoms with van der Waals surface area (Å²) in [5.41, 5.74) is 1.67. The van der Waals surface area contributed by atoms with Gasteiger partial charge in [-0.2, -0.15) is 0 Å². The van der Waals surface area contributed by atoms with Gasteiger partial charge in [0.25, 0.3) is 5.91 Å². The van der Waals surface area contributed by atoms with Crippen LogP contribution in [-0.4, -0.2) is 47.1 Å². The van der Waals surface area contributed by atoms with Crippen molar-refractivity contribution < 1.29 is 13.7 Å². The van der Waals surface area contributed by atoms with Crippen molar-refractivity contribution in [3.8, 4) is 0 Å². The zero-order valence-corrected chi connectivity index (χ0v) is 15.4. The second kappa shape index (κ2) is 7.67. The van der Waals surface area contributed by atoms with Crippen LogP contribution < -0.4 is 10.2 Å². The summed E-state index contributed by atoms with van der Waals surface area (Å²) in [5, 5.41) is 6.93.